The van der Waals surface area contributed by atoms with Crippen LogP contribution in [-0.4, -0.2) is 47.7 Å². The minimum atomic E-state index is -4.65. The normalized spacial score (nSPS) is 13.6. The maximum atomic E-state index is 13.7. The average molecular weight is 460 g/mol. The van der Waals surface area contributed by atoms with Crippen molar-refractivity contribution in [1.82, 2.24) is 0 Å². The number of halogens is 4. The van der Waals surface area contributed by atoms with Crippen LogP contribution in [0.5, 0.6) is 11.5 Å². The molecule has 0 aliphatic rings. The van der Waals surface area contributed by atoms with Gasteiger partial charge in [0.25, 0.3) is 0 Å². The summed E-state index contributed by atoms with van der Waals surface area (Å²) in [5.41, 5.74) is -0.440. The molecule has 10 heteroatoms. The fourth-order valence-corrected chi connectivity index (χ4v) is 2.72. The number of hydrogen-bond donors (Lipinski definition) is 2. The van der Waals surface area contributed by atoms with Crippen LogP contribution in [0.1, 0.15) is 25.0 Å². The zero-order valence-electron chi connectivity index (χ0n) is 17.4. The lowest BCUT2D eigenvalue weighted by atomic mass is 10.1. The molecular weight excluding hydrogens is 436 g/mol. The van der Waals surface area contributed by atoms with Gasteiger partial charge in [-0.25, -0.2) is 9.18 Å². The van der Waals surface area contributed by atoms with Crippen molar-refractivity contribution < 1.29 is 46.8 Å². The van der Waals surface area contributed by atoms with Crippen molar-refractivity contribution in [2.75, 3.05) is 13.2 Å². The Kier molecular flexibility index (Phi) is 8.85. The largest absolute Gasteiger partial charge is 0.491 e. The fraction of sp³-hybridized carbons (Fsp3) is 0.409. The molecule has 2 atom stereocenters. The maximum Gasteiger partial charge on any atom is 0.416 e. The van der Waals surface area contributed by atoms with Gasteiger partial charge in [-0.05, 0) is 49.7 Å². The third-order valence-corrected chi connectivity index (χ3v) is 4.16. The average Bonchev–Trinajstić information content (AvgIpc) is 2.70. The molecule has 2 N–H and O–H groups in total. The van der Waals surface area contributed by atoms with Crippen LogP contribution < -0.4 is 9.47 Å². The number of carboxylic acid groups (broad SMARTS) is 1. The van der Waals surface area contributed by atoms with E-state index in [0.29, 0.717) is 29.5 Å². The summed E-state index contributed by atoms with van der Waals surface area (Å²) in [7, 11) is 0. The number of aliphatic hydroxyl groups excluding tert-OH is 1. The lowest BCUT2D eigenvalue weighted by molar-refractivity contribution is -0.153. The third-order valence-electron chi connectivity index (χ3n) is 4.16. The van der Waals surface area contributed by atoms with Gasteiger partial charge in [-0.1, -0.05) is 12.1 Å². The Morgan fingerprint density at radius 1 is 1.06 bits per heavy atom. The van der Waals surface area contributed by atoms with Crippen LogP contribution >= 0.6 is 0 Å². The Balaban J connectivity index is 1.91. The molecule has 0 radical (unpaired) electrons. The van der Waals surface area contributed by atoms with Gasteiger partial charge in [0.05, 0.1) is 11.7 Å². The fourth-order valence-electron chi connectivity index (χ4n) is 2.72. The second kappa shape index (κ2) is 11.1. The summed E-state index contributed by atoms with van der Waals surface area (Å²) in [6.07, 6.45) is -7.12. The summed E-state index contributed by atoms with van der Waals surface area (Å²) in [5.74, 6) is -2.39. The van der Waals surface area contributed by atoms with E-state index < -0.39 is 48.1 Å². The van der Waals surface area contributed by atoms with Crippen molar-refractivity contribution in [1.29, 1.82) is 0 Å². The highest BCUT2D eigenvalue weighted by molar-refractivity contribution is 5.72. The van der Waals surface area contributed by atoms with Gasteiger partial charge in [-0.15, -0.1) is 0 Å². The zero-order chi connectivity index (χ0) is 23.9. The molecule has 0 aromatic heterocycles. The van der Waals surface area contributed by atoms with Gasteiger partial charge in [0.15, 0.2) is 17.7 Å². The molecule has 6 nitrogen and oxygen atoms in total. The van der Waals surface area contributed by atoms with Gasteiger partial charge in [-0.3, -0.25) is 0 Å². The Bertz CT molecular complexity index is 900. The summed E-state index contributed by atoms with van der Waals surface area (Å²) >= 11 is 0. The summed E-state index contributed by atoms with van der Waals surface area (Å²) < 4.78 is 67.7. The number of benzene rings is 2. The quantitative estimate of drug-likeness (QED) is 0.492. The van der Waals surface area contributed by atoms with Crippen molar-refractivity contribution in [3.8, 4) is 11.5 Å². The Hall–Kier alpha value is -2.85. The number of hydrogen-bond acceptors (Lipinski definition) is 5. The van der Waals surface area contributed by atoms with Crippen LogP contribution in [0.4, 0.5) is 17.6 Å². The number of carboxylic acids is 1. The molecule has 0 spiro atoms. The molecule has 2 aromatic carbocycles. The smallest absolute Gasteiger partial charge is 0.416 e. The Morgan fingerprint density at radius 2 is 1.75 bits per heavy atom. The molecular formula is C22H24F4O6. The highest BCUT2D eigenvalue weighted by Gasteiger charge is 2.31. The maximum absolute atomic E-state index is 13.7. The number of carbonyl (C=O) groups is 1. The SMILES string of the molecule is CC(C)OC(Cc1cccc(OC[C@H](O)COc2cc(C(F)(F)F)ccc2F)c1)C(=O)O. The van der Waals surface area contributed by atoms with Crippen LogP contribution in [0.2, 0.25) is 0 Å². The molecule has 0 aliphatic carbocycles. The van der Waals surface area contributed by atoms with Gasteiger partial charge in [-0.2, -0.15) is 13.2 Å². The van der Waals surface area contributed by atoms with Crippen molar-refractivity contribution in [3.05, 3.63) is 59.4 Å². The predicted octanol–water partition coefficient (Wildman–Crippen LogP) is 4.08. The first-order chi connectivity index (χ1) is 15.0. The summed E-state index contributed by atoms with van der Waals surface area (Å²) in [6.45, 7) is 2.67. The van der Waals surface area contributed by atoms with Gasteiger partial charge in [0.1, 0.15) is 25.1 Å². The molecule has 2 aromatic rings. The van der Waals surface area contributed by atoms with Crippen molar-refractivity contribution >= 4 is 5.97 Å². The van der Waals surface area contributed by atoms with Crippen LogP contribution in [-0.2, 0) is 22.1 Å². The monoisotopic (exact) mass is 460 g/mol. The molecule has 176 valence electrons. The molecule has 0 amide bonds. The Morgan fingerprint density at radius 3 is 2.38 bits per heavy atom. The van der Waals surface area contributed by atoms with E-state index in [-0.39, 0.29) is 19.1 Å². The highest BCUT2D eigenvalue weighted by Crippen LogP contribution is 2.32. The van der Waals surface area contributed by atoms with Crippen LogP contribution in [0, 0.1) is 5.82 Å². The van der Waals surface area contributed by atoms with Gasteiger partial charge in [0, 0.05) is 6.42 Å². The lowest BCUT2D eigenvalue weighted by Gasteiger charge is -2.17. The molecule has 0 fully saturated rings. The number of aliphatic hydroxyl groups is 1. The van der Waals surface area contributed by atoms with Gasteiger partial charge < -0.3 is 24.4 Å². The second-order valence-corrected chi connectivity index (χ2v) is 7.28. The molecule has 0 aliphatic heterocycles. The van der Waals surface area contributed by atoms with E-state index in [1.54, 1.807) is 38.1 Å². The summed E-state index contributed by atoms with van der Waals surface area (Å²) in [4.78, 5) is 11.3. The Labute approximate surface area is 182 Å². The van der Waals surface area contributed by atoms with E-state index in [2.05, 4.69) is 0 Å². The van der Waals surface area contributed by atoms with E-state index >= 15 is 0 Å². The van der Waals surface area contributed by atoms with E-state index in [0.717, 1.165) is 0 Å². The van der Waals surface area contributed by atoms with Crippen LogP contribution in [0.25, 0.3) is 0 Å². The standard InChI is InChI=1S/C22H24F4O6/c1-13(2)32-20(21(28)29)9-14-4-3-5-17(8-14)30-11-16(27)12-31-19-10-15(22(24,25)26)6-7-18(19)23/h3-8,10,13,16,20,27H,9,11-12H2,1-2H3,(H,28,29)/t16-,20?/m0/s1. The van der Waals surface area contributed by atoms with E-state index in [9.17, 15) is 32.6 Å². The topological polar surface area (TPSA) is 85.2 Å². The van der Waals surface area contributed by atoms with Crippen LogP contribution in [0.15, 0.2) is 42.5 Å². The third kappa shape index (κ3) is 8.01. The zero-order valence-corrected chi connectivity index (χ0v) is 17.4. The molecule has 0 saturated heterocycles. The highest BCUT2D eigenvalue weighted by atomic mass is 19.4. The molecule has 2 rings (SSSR count). The molecule has 0 saturated carbocycles. The van der Waals surface area contributed by atoms with Crippen molar-refractivity contribution in [2.45, 2.75) is 44.8 Å². The molecule has 1 unspecified atom stereocenters. The predicted molar refractivity (Wildman–Crippen MR) is 106 cm³/mol. The summed E-state index contributed by atoms with van der Waals surface area (Å²) in [5, 5.41) is 19.3. The minimum absolute atomic E-state index is 0.102. The second-order valence-electron chi connectivity index (χ2n) is 7.28. The lowest BCUT2D eigenvalue weighted by Crippen LogP contribution is -2.29. The van der Waals surface area contributed by atoms with Gasteiger partial charge >= 0.3 is 12.1 Å². The van der Waals surface area contributed by atoms with E-state index in [4.69, 9.17) is 14.2 Å². The summed E-state index contributed by atoms with van der Waals surface area (Å²) in [6, 6.07) is 8.25. The number of ether oxygens (including phenoxy) is 3. The van der Waals surface area contributed by atoms with Gasteiger partial charge in [0.2, 0.25) is 0 Å². The van der Waals surface area contributed by atoms with Crippen molar-refractivity contribution in [2.24, 2.45) is 0 Å². The van der Waals surface area contributed by atoms with Crippen LogP contribution in [0.3, 0.4) is 0 Å². The van der Waals surface area contributed by atoms with Crippen molar-refractivity contribution in [3.63, 3.8) is 0 Å². The molecule has 32 heavy (non-hydrogen) atoms. The number of rotatable bonds is 11. The minimum Gasteiger partial charge on any atom is -0.491 e. The number of alkyl halides is 3. The molecule has 0 bridgehead atoms. The van der Waals surface area contributed by atoms with E-state index in [1.165, 1.54) is 0 Å². The number of aliphatic carboxylic acids is 1. The molecule has 0 heterocycles. The first-order valence-electron chi connectivity index (χ1n) is 9.73. The van der Waals surface area contributed by atoms with E-state index in [1.807, 2.05) is 0 Å². The first-order valence-corrected chi connectivity index (χ1v) is 9.73. The first kappa shape index (κ1) is 25.4.